The minimum Gasteiger partial charge on any atom is -0.334 e. The van der Waals surface area contributed by atoms with Gasteiger partial charge in [-0.3, -0.25) is 0 Å². The Morgan fingerprint density at radius 3 is 2.47 bits per heavy atom. The maximum atomic E-state index is 12.0. The summed E-state index contributed by atoms with van der Waals surface area (Å²) in [7, 11) is 0. The maximum absolute atomic E-state index is 12.0. The van der Waals surface area contributed by atoms with E-state index in [1.165, 1.54) is 19.3 Å². The Labute approximate surface area is 116 Å². The average Bonchev–Trinajstić information content (AvgIpc) is 2.40. The SMILES string of the molecule is O=C(NC1CCCCC1)N(I)c1ccccc1. The normalized spacial score (nSPS) is 16.5. The summed E-state index contributed by atoms with van der Waals surface area (Å²) in [5, 5.41) is 3.10. The highest BCUT2D eigenvalue weighted by atomic mass is 127. The van der Waals surface area contributed by atoms with Crippen LogP contribution in [0.5, 0.6) is 0 Å². The van der Waals surface area contributed by atoms with Gasteiger partial charge in [0.2, 0.25) is 0 Å². The second-order valence-corrected chi connectivity index (χ2v) is 5.37. The zero-order chi connectivity index (χ0) is 12.1. The monoisotopic (exact) mass is 344 g/mol. The van der Waals surface area contributed by atoms with E-state index >= 15 is 0 Å². The fraction of sp³-hybridized carbons (Fsp3) is 0.462. The van der Waals surface area contributed by atoms with E-state index in [9.17, 15) is 4.79 Å². The predicted molar refractivity (Wildman–Crippen MR) is 78.3 cm³/mol. The van der Waals surface area contributed by atoms with Crippen LogP contribution < -0.4 is 8.43 Å². The van der Waals surface area contributed by atoms with E-state index in [0.717, 1.165) is 18.5 Å². The first kappa shape index (κ1) is 12.7. The second kappa shape index (κ2) is 6.23. The number of hydrogen-bond donors (Lipinski definition) is 1. The Balaban J connectivity index is 1.91. The van der Waals surface area contributed by atoms with Gasteiger partial charge < -0.3 is 5.32 Å². The van der Waals surface area contributed by atoms with Crippen molar-refractivity contribution < 1.29 is 4.79 Å². The van der Waals surface area contributed by atoms with E-state index in [1.54, 1.807) is 3.11 Å². The lowest BCUT2D eigenvalue weighted by Crippen LogP contribution is -2.41. The summed E-state index contributed by atoms with van der Waals surface area (Å²) in [6.45, 7) is 0. The molecular weight excluding hydrogens is 327 g/mol. The highest BCUT2D eigenvalue weighted by Crippen LogP contribution is 2.20. The van der Waals surface area contributed by atoms with Gasteiger partial charge in [-0.05, 0) is 25.0 Å². The van der Waals surface area contributed by atoms with Crippen molar-refractivity contribution in [3.8, 4) is 0 Å². The standard InChI is InChI=1S/C13H17IN2O/c14-16(12-9-5-2-6-10-12)13(17)15-11-7-3-1-4-8-11/h2,5-6,9-11H,1,3-4,7-8H2,(H,15,17). The van der Waals surface area contributed by atoms with Crippen LogP contribution in [0.3, 0.4) is 0 Å². The molecule has 1 saturated carbocycles. The molecule has 0 aliphatic heterocycles. The molecular formula is C13H17IN2O. The third-order valence-corrected chi connectivity index (χ3v) is 4.09. The summed E-state index contributed by atoms with van der Waals surface area (Å²) >= 11 is 2.05. The maximum Gasteiger partial charge on any atom is 0.331 e. The van der Waals surface area contributed by atoms with Gasteiger partial charge in [-0.25, -0.2) is 7.91 Å². The van der Waals surface area contributed by atoms with Gasteiger partial charge in [-0.1, -0.05) is 37.5 Å². The summed E-state index contributed by atoms with van der Waals surface area (Å²) in [6.07, 6.45) is 6.00. The molecule has 1 aliphatic rings. The Morgan fingerprint density at radius 1 is 1.18 bits per heavy atom. The van der Waals surface area contributed by atoms with Crippen molar-refractivity contribution >= 4 is 34.6 Å². The number of urea groups is 1. The van der Waals surface area contributed by atoms with Crippen molar-refractivity contribution in [3.05, 3.63) is 30.3 Å². The summed E-state index contributed by atoms with van der Waals surface area (Å²) in [5.41, 5.74) is 0.918. The van der Waals surface area contributed by atoms with Gasteiger partial charge in [-0.2, -0.15) is 0 Å². The first-order valence-electron chi connectivity index (χ1n) is 6.09. The van der Waals surface area contributed by atoms with Crippen LogP contribution in [-0.2, 0) is 0 Å². The Morgan fingerprint density at radius 2 is 1.82 bits per heavy atom. The molecule has 1 fully saturated rings. The zero-order valence-corrected chi connectivity index (χ0v) is 11.9. The molecule has 1 aromatic rings. The zero-order valence-electron chi connectivity index (χ0n) is 9.73. The van der Waals surface area contributed by atoms with Gasteiger partial charge in [0.25, 0.3) is 0 Å². The quantitative estimate of drug-likeness (QED) is 0.641. The smallest absolute Gasteiger partial charge is 0.331 e. The van der Waals surface area contributed by atoms with Gasteiger partial charge >= 0.3 is 6.03 Å². The molecule has 0 unspecified atom stereocenters. The van der Waals surface area contributed by atoms with Crippen molar-refractivity contribution in [1.29, 1.82) is 0 Å². The largest absolute Gasteiger partial charge is 0.334 e. The van der Waals surface area contributed by atoms with Crippen LogP contribution in [0.25, 0.3) is 0 Å². The van der Waals surface area contributed by atoms with E-state index in [-0.39, 0.29) is 6.03 Å². The number of nitrogens with zero attached hydrogens (tertiary/aromatic N) is 1. The molecule has 4 heteroatoms. The topological polar surface area (TPSA) is 32.3 Å². The summed E-state index contributed by atoms with van der Waals surface area (Å²) < 4.78 is 1.65. The van der Waals surface area contributed by atoms with Crippen LogP contribution in [0.15, 0.2) is 30.3 Å². The molecule has 17 heavy (non-hydrogen) atoms. The number of anilines is 1. The Bertz CT molecular complexity index is 363. The molecule has 0 heterocycles. The number of nitrogens with one attached hydrogen (secondary N) is 1. The number of carbonyl (C=O) groups excluding carboxylic acids is 1. The van der Waals surface area contributed by atoms with Crippen LogP contribution in [0, 0.1) is 0 Å². The van der Waals surface area contributed by atoms with Gasteiger partial charge in [0.1, 0.15) is 0 Å². The van der Waals surface area contributed by atoms with Gasteiger partial charge in [0.05, 0.1) is 28.6 Å². The Hall–Kier alpha value is -0.780. The molecule has 0 saturated heterocycles. The van der Waals surface area contributed by atoms with E-state index in [4.69, 9.17) is 0 Å². The molecule has 1 N–H and O–H groups in total. The van der Waals surface area contributed by atoms with Crippen molar-refractivity contribution in [3.63, 3.8) is 0 Å². The summed E-state index contributed by atoms with van der Waals surface area (Å²) in [6, 6.07) is 10.1. The lowest BCUT2D eigenvalue weighted by Gasteiger charge is -2.25. The van der Waals surface area contributed by atoms with E-state index in [2.05, 4.69) is 28.2 Å². The van der Waals surface area contributed by atoms with Crippen LogP contribution >= 0.6 is 22.9 Å². The molecule has 1 aliphatic carbocycles. The van der Waals surface area contributed by atoms with Crippen molar-refractivity contribution in [2.45, 2.75) is 38.1 Å². The number of amides is 2. The number of benzene rings is 1. The minimum absolute atomic E-state index is 0.0105. The number of carbonyl (C=O) groups is 1. The fourth-order valence-corrected chi connectivity index (χ4v) is 2.62. The van der Waals surface area contributed by atoms with Crippen LogP contribution in [0.1, 0.15) is 32.1 Å². The minimum atomic E-state index is -0.0105. The third-order valence-electron chi connectivity index (χ3n) is 3.09. The first-order valence-corrected chi connectivity index (χ1v) is 7.05. The van der Waals surface area contributed by atoms with E-state index in [0.29, 0.717) is 6.04 Å². The molecule has 0 radical (unpaired) electrons. The molecule has 0 bridgehead atoms. The van der Waals surface area contributed by atoms with Crippen LogP contribution in [0.2, 0.25) is 0 Å². The lowest BCUT2D eigenvalue weighted by molar-refractivity contribution is 0.242. The second-order valence-electron chi connectivity index (χ2n) is 4.40. The molecule has 0 spiro atoms. The number of halogens is 1. The fourth-order valence-electron chi connectivity index (χ4n) is 2.15. The number of rotatable bonds is 2. The molecule has 0 atom stereocenters. The van der Waals surface area contributed by atoms with Gasteiger partial charge in [-0.15, -0.1) is 0 Å². The molecule has 92 valence electrons. The Kier molecular flexibility index (Phi) is 4.65. The average molecular weight is 344 g/mol. The van der Waals surface area contributed by atoms with Crippen LogP contribution in [-0.4, -0.2) is 12.1 Å². The molecule has 1 aromatic carbocycles. The molecule has 0 aromatic heterocycles. The van der Waals surface area contributed by atoms with Crippen molar-refractivity contribution in [1.82, 2.24) is 5.32 Å². The van der Waals surface area contributed by atoms with Gasteiger partial charge in [0, 0.05) is 6.04 Å². The third kappa shape index (κ3) is 3.59. The van der Waals surface area contributed by atoms with E-state index in [1.807, 2.05) is 30.3 Å². The predicted octanol–water partition coefficient (Wildman–Crippen LogP) is 3.89. The summed E-state index contributed by atoms with van der Waals surface area (Å²) in [5.74, 6) is 0. The van der Waals surface area contributed by atoms with E-state index < -0.39 is 0 Å². The molecule has 2 rings (SSSR count). The van der Waals surface area contributed by atoms with Gasteiger partial charge in [0.15, 0.2) is 0 Å². The number of para-hydroxylation sites is 1. The summed E-state index contributed by atoms with van der Waals surface area (Å²) in [4.78, 5) is 12.0. The van der Waals surface area contributed by atoms with Crippen molar-refractivity contribution in [2.24, 2.45) is 0 Å². The lowest BCUT2D eigenvalue weighted by atomic mass is 9.96. The highest BCUT2D eigenvalue weighted by Gasteiger charge is 2.19. The number of hydrogen-bond acceptors (Lipinski definition) is 1. The molecule has 2 amide bonds. The molecule has 3 nitrogen and oxygen atoms in total. The van der Waals surface area contributed by atoms with Crippen molar-refractivity contribution in [2.75, 3.05) is 3.11 Å². The van der Waals surface area contributed by atoms with Crippen LogP contribution in [0.4, 0.5) is 10.5 Å². The first-order chi connectivity index (χ1) is 8.27. The highest BCUT2D eigenvalue weighted by molar-refractivity contribution is 14.1.